The van der Waals surface area contributed by atoms with Gasteiger partial charge in [-0.1, -0.05) is 28.1 Å². The van der Waals surface area contributed by atoms with Crippen LogP contribution in [0.15, 0.2) is 76.3 Å². The highest BCUT2D eigenvalue weighted by atomic mass is 79.9. The number of nitrogens with zero attached hydrogens (tertiary/aromatic N) is 1. The number of halogens is 1. The lowest BCUT2D eigenvalue weighted by Gasteiger charge is -2.11. The monoisotopic (exact) mass is 524 g/mol. The van der Waals surface area contributed by atoms with E-state index in [-0.39, 0.29) is 11.3 Å². The predicted molar refractivity (Wildman–Crippen MR) is 132 cm³/mol. The maximum absolute atomic E-state index is 12.7. The van der Waals surface area contributed by atoms with Crippen molar-refractivity contribution in [3.05, 3.63) is 82.3 Å². The Balaban J connectivity index is 1.65. The van der Waals surface area contributed by atoms with E-state index in [1.165, 1.54) is 32.6 Å². The molecule has 3 amide bonds. The van der Waals surface area contributed by atoms with Crippen LogP contribution < -0.4 is 25.5 Å². The molecule has 0 bridgehead atoms. The van der Waals surface area contributed by atoms with Gasteiger partial charge < -0.3 is 20.1 Å². The summed E-state index contributed by atoms with van der Waals surface area (Å²) in [5, 5.41) is 8.99. The number of carbonyl (C=O) groups is 3. The first-order chi connectivity index (χ1) is 16.4. The van der Waals surface area contributed by atoms with Crippen LogP contribution in [0, 0.1) is 0 Å². The van der Waals surface area contributed by atoms with Gasteiger partial charge in [0.1, 0.15) is 11.5 Å². The van der Waals surface area contributed by atoms with Gasteiger partial charge in [0.15, 0.2) is 0 Å². The summed E-state index contributed by atoms with van der Waals surface area (Å²) in [5.41, 5.74) is 3.64. The molecule has 3 aromatic rings. The number of methoxy groups -OCH3 is 2. The van der Waals surface area contributed by atoms with E-state index in [1.54, 1.807) is 54.6 Å². The van der Waals surface area contributed by atoms with Gasteiger partial charge in [-0.05, 0) is 54.6 Å². The summed E-state index contributed by atoms with van der Waals surface area (Å²) in [6.07, 6.45) is 1.33. The Morgan fingerprint density at radius 2 is 1.62 bits per heavy atom. The van der Waals surface area contributed by atoms with E-state index < -0.39 is 17.7 Å². The van der Waals surface area contributed by atoms with Gasteiger partial charge in [-0.2, -0.15) is 5.10 Å². The minimum Gasteiger partial charge on any atom is -0.497 e. The van der Waals surface area contributed by atoms with E-state index in [0.29, 0.717) is 22.7 Å². The summed E-state index contributed by atoms with van der Waals surface area (Å²) in [7, 11) is 3.02. The number of carbonyl (C=O) groups excluding carboxylic acids is 3. The summed E-state index contributed by atoms with van der Waals surface area (Å²) in [4.78, 5) is 37.3. The molecule has 0 saturated heterocycles. The third kappa shape index (κ3) is 6.42. The number of anilines is 2. The van der Waals surface area contributed by atoms with Crippen LogP contribution in [-0.2, 0) is 9.59 Å². The number of rotatable bonds is 7. The Labute approximate surface area is 204 Å². The van der Waals surface area contributed by atoms with Gasteiger partial charge in [0.05, 0.1) is 31.7 Å². The summed E-state index contributed by atoms with van der Waals surface area (Å²) in [6, 6.07) is 18.4. The largest absolute Gasteiger partial charge is 0.497 e. The normalized spacial score (nSPS) is 10.4. The third-order valence-corrected chi connectivity index (χ3v) is 5.06. The molecule has 9 nitrogen and oxygen atoms in total. The zero-order valence-electron chi connectivity index (χ0n) is 18.3. The van der Waals surface area contributed by atoms with E-state index in [9.17, 15) is 14.4 Å². The molecule has 3 N–H and O–H groups in total. The van der Waals surface area contributed by atoms with Crippen molar-refractivity contribution in [1.82, 2.24) is 5.43 Å². The van der Waals surface area contributed by atoms with Crippen LogP contribution in [0.2, 0.25) is 0 Å². The highest BCUT2D eigenvalue weighted by molar-refractivity contribution is 9.10. The van der Waals surface area contributed by atoms with Crippen molar-refractivity contribution >= 4 is 51.2 Å². The molecule has 0 heterocycles. The maximum atomic E-state index is 12.7. The molecule has 3 rings (SSSR count). The molecule has 174 valence electrons. The predicted octanol–water partition coefficient (Wildman–Crippen LogP) is 3.81. The van der Waals surface area contributed by atoms with Gasteiger partial charge in [-0.15, -0.1) is 0 Å². The molecule has 3 aromatic carbocycles. The standard InChI is InChI=1S/C24H21BrN4O5/c1-33-18-11-12-21(34-2)15(13-18)14-26-29-24(32)23(31)28-20-6-4-3-5-19(20)22(30)27-17-9-7-16(25)8-10-17/h3-14H,1-2H3,(H,27,30)(H,28,31)(H,29,32)/b26-14+. The molecule has 0 spiro atoms. The van der Waals surface area contributed by atoms with Crippen molar-refractivity contribution in [2.24, 2.45) is 5.10 Å². The highest BCUT2D eigenvalue weighted by Crippen LogP contribution is 2.22. The summed E-state index contributed by atoms with van der Waals surface area (Å²) >= 11 is 3.33. The fourth-order valence-electron chi connectivity index (χ4n) is 2.85. The van der Waals surface area contributed by atoms with E-state index in [2.05, 4.69) is 37.1 Å². The lowest BCUT2D eigenvalue weighted by Crippen LogP contribution is -2.33. The Hall–Kier alpha value is -4.18. The van der Waals surface area contributed by atoms with Crippen molar-refractivity contribution in [2.45, 2.75) is 0 Å². The van der Waals surface area contributed by atoms with Crippen LogP contribution in [-0.4, -0.2) is 38.2 Å². The van der Waals surface area contributed by atoms with Gasteiger partial charge in [-0.25, -0.2) is 5.43 Å². The highest BCUT2D eigenvalue weighted by Gasteiger charge is 2.18. The number of amides is 3. The van der Waals surface area contributed by atoms with Crippen molar-refractivity contribution < 1.29 is 23.9 Å². The topological polar surface area (TPSA) is 118 Å². The Bertz CT molecular complexity index is 1230. The first kappa shape index (κ1) is 24.5. The number of hydrogen-bond donors (Lipinski definition) is 3. The summed E-state index contributed by atoms with van der Waals surface area (Å²) in [6.45, 7) is 0. The number of hydrogen-bond acceptors (Lipinski definition) is 6. The van der Waals surface area contributed by atoms with Gasteiger partial charge in [-0.3, -0.25) is 14.4 Å². The van der Waals surface area contributed by atoms with Gasteiger partial charge in [0.2, 0.25) is 0 Å². The molecule has 0 aromatic heterocycles. The van der Waals surface area contributed by atoms with Crippen LogP contribution in [0.3, 0.4) is 0 Å². The molecule has 0 aliphatic carbocycles. The number of para-hydroxylation sites is 1. The molecule has 0 aliphatic rings. The van der Waals surface area contributed by atoms with Crippen molar-refractivity contribution in [2.75, 3.05) is 24.9 Å². The molecular weight excluding hydrogens is 504 g/mol. The van der Waals surface area contributed by atoms with Crippen molar-refractivity contribution in [1.29, 1.82) is 0 Å². The van der Waals surface area contributed by atoms with Gasteiger partial charge >= 0.3 is 11.8 Å². The number of nitrogens with one attached hydrogen (secondary N) is 3. The molecule has 0 unspecified atom stereocenters. The second-order valence-electron chi connectivity index (χ2n) is 6.77. The van der Waals surface area contributed by atoms with Crippen LogP contribution in [0.4, 0.5) is 11.4 Å². The second-order valence-corrected chi connectivity index (χ2v) is 7.68. The fourth-order valence-corrected chi connectivity index (χ4v) is 3.12. The van der Waals surface area contributed by atoms with Gasteiger partial charge in [0.25, 0.3) is 5.91 Å². The molecule has 10 heteroatoms. The van der Waals surface area contributed by atoms with Crippen molar-refractivity contribution in [3.63, 3.8) is 0 Å². The Morgan fingerprint density at radius 3 is 2.32 bits per heavy atom. The zero-order valence-corrected chi connectivity index (χ0v) is 19.9. The van der Waals surface area contributed by atoms with Gasteiger partial charge in [0, 0.05) is 15.7 Å². The second kappa shape index (κ2) is 11.6. The lowest BCUT2D eigenvalue weighted by molar-refractivity contribution is -0.136. The third-order valence-electron chi connectivity index (χ3n) is 4.53. The maximum Gasteiger partial charge on any atom is 0.329 e. The number of ether oxygens (including phenoxy) is 2. The van der Waals surface area contributed by atoms with Crippen LogP contribution in [0.25, 0.3) is 0 Å². The number of hydrazone groups is 1. The summed E-state index contributed by atoms with van der Waals surface area (Å²) < 4.78 is 11.3. The fraction of sp³-hybridized carbons (Fsp3) is 0.0833. The van der Waals surface area contributed by atoms with Crippen molar-refractivity contribution in [3.8, 4) is 11.5 Å². The molecule has 0 aliphatic heterocycles. The molecule has 0 atom stereocenters. The molecule has 0 radical (unpaired) electrons. The van der Waals surface area contributed by atoms with E-state index >= 15 is 0 Å². The SMILES string of the molecule is COc1ccc(OC)c(/C=N/NC(=O)C(=O)Nc2ccccc2C(=O)Nc2ccc(Br)cc2)c1. The van der Waals surface area contributed by atoms with E-state index in [1.807, 2.05) is 0 Å². The first-order valence-electron chi connectivity index (χ1n) is 9.93. The quantitative estimate of drug-likeness (QED) is 0.246. The Morgan fingerprint density at radius 1 is 0.882 bits per heavy atom. The minimum absolute atomic E-state index is 0.177. The Kier molecular flexibility index (Phi) is 8.36. The van der Waals surface area contributed by atoms with E-state index in [0.717, 1.165) is 4.47 Å². The zero-order chi connectivity index (χ0) is 24.5. The van der Waals surface area contributed by atoms with Crippen LogP contribution in [0.1, 0.15) is 15.9 Å². The van der Waals surface area contributed by atoms with Crippen LogP contribution in [0.5, 0.6) is 11.5 Å². The minimum atomic E-state index is -1.01. The van der Waals surface area contributed by atoms with Crippen LogP contribution >= 0.6 is 15.9 Å². The molecular formula is C24H21BrN4O5. The smallest absolute Gasteiger partial charge is 0.329 e. The lowest BCUT2D eigenvalue weighted by atomic mass is 10.1. The molecule has 34 heavy (non-hydrogen) atoms. The molecule has 0 saturated carbocycles. The number of benzene rings is 3. The van der Waals surface area contributed by atoms with E-state index in [4.69, 9.17) is 9.47 Å². The summed E-state index contributed by atoms with van der Waals surface area (Å²) in [5.74, 6) is -1.36. The average molecular weight is 525 g/mol. The molecule has 0 fully saturated rings. The average Bonchev–Trinajstić information content (AvgIpc) is 2.85. The first-order valence-corrected chi connectivity index (χ1v) is 10.7.